The Labute approximate surface area is 114 Å². The Morgan fingerprint density at radius 3 is 2.84 bits per heavy atom. The Kier molecular flexibility index (Phi) is 4.79. The molecule has 106 valence electrons. The third-order valence-corrected chi connectivity index (χ3v) is 3.51. The first-order valence-corrected chi connectivity index (χ1v) is 6.81. The minimum Gasteiger partial charge on any atom is -0.332 e. The number of urea groups is 1. The van der Waals surface area contributed by atoms with Gasteiger partial charge < -0.3 is 15.1 Å². The SMILES string of the molecule is CN(C)CC1CCN(C(=O)NCc2ccn[nH]2)CC1. The van der Waals surface area contributed by atoms with Gasteiger partial charge in [-0.25, -0.2) is 4.79 Å². The fraction of sp³-hybridized carbons (Fsp3) is 0.692. The Hall–Kier alpha value is -1.56. The minimum absolute atomic E-state index is 0.0258. The van der Waals surface area contributed by atoms with Gasteiger partial charge in [-0.2, -0.15) is 5.10 Å². The molecule has 2 rings (SSSR count). The van der Waals surface area contributed by atoms with Crippen LogP contribution < -0.4 is 5.32 Å². The zero-order valence-electron chi connectivity index (χ0n) is 11.7. The number of rotatable bonds is 4. The lowest BCUT2D eigenvalue weighted by molar-refractivity contribution is 0.159. The molecule has 0 radical (unpaired) electrons. The molecule has 0 spiro atoms. The molecule has 0 aromatic carbocycles. The van der Waals surface area contributed by atoms with Crippen LogP contribution in [0.5, 0.6) is 0 Å². The van der Waals surface area contributed by atoms with Crippen molar-refractivity contribution in [2.24, 2.45) is 5.92 Å². The number of aromatic nitrogens is 2. The third kappa shape index (κ3) is 4.24. The van der Waals surface area contributed by atoms with Crippen molar-refractivity contribution in [3.05, 3.63) is 18.0 Å². The van der Waals surface area contributed by atoms with E-state index in [-0.39, 0.29) is 6.03 Å². The molecule has 0 saturated carbocycles. The van der Waals surface area contributed by atoms with Crippen molar-refractivity contribution in [1.29, 1.82) is 0 Å². The second-order valence-corrected chi connectivity index (χ2v) is 5.43. The first kappa shape index (κ1) is 13.9. The Bertz CT molecular complexity index is 382. The van der Waals surface area contributed by atoms with Crippen molar-refractivity contribution < 1.29 is 4.79 Å². The van der Waals surface area contributed by atoms with Crippen LogP contribution in [0.25, 0.3) is 0 Å². The first-order chi connectivity index (χ1) is 9.15. The van der Waals surface area contributed by atoms with E-state index >= 15 is 0 Å². The Morgan fingerprint density at radius 1 is 1.53 bits per heavy atom. The normalized spacial score (nSPS) is 16.9. The van der Waals surface area contributed by atoms with Gasteiger partial charge in [0.1, 0.15) is 0 Å². The number of likely N-dealkylation sites (tertiary alicyclic amines) is 1. The van der Waals surface area contributed by atoms with Gasteiger partial charge in [-0.1, -0.05) is 0 Å². The molecule has 1 aliphatic heterocycles. The zero-order chi connectivity index (χ0) is 13.7. The number of hydrogen-bond acceptors (Lipinski definition) is 3. The number of nitrogens with zero attached hydrogens (tertiary/aromatic N) is 3. The van der Waals surface area contributed by atoms with Gasteiger partial charge in [0.05, 0.1) is 12.2 Å². The number of carbonyl (C=O) groups excluding carboxylic acids is 1. The summed E-state index contributed by atoms with van der Waals surface area (Å²) < 4.78 is 0. The molecular weight excluding hydrogens is 242 g/mol. The van der Waals surface area contributed by atoms with E-state index in [0.717, 1.165) is 38.2 Å². The second kappa shape index (κ2) is 6.56. The van der Waals surface area contributed by atoms with Crippen LogP contribution in [-0.2, 0) is 6.54 Å². The van der Waals surface area contributed by atoms with E-state index in [1.54, 1.807) is 6.20 Å². The summed E-state index contributed by atoms with van der Waals surface area (Å²) in [6.45, 7) is 3.33. The molecule has 19 heavy (non-hydrogen) atoms. The molecule has 2 N–H and O–H groups in total. The molecule has 1 aliphatic rings. The maximum Gasteiger partial charge on any atom is 0.317 e. The summed E-state index contributed by atoms with van der Waals surface area (Å²) in [5.74, 6) is 0.714. The molecular formula is C13H23N5O. The van der Waals surface area contributed by atoms with Crippen LogP contribution in [0.3, 0.4) is 0 Å². The van der Waals surface area contributed by atoms with E-state index in [4.69, 9.17) is 0 Å². The summed E-state index contributed by atoms with van der Waals surface area (Å²) in [6, 6.07) is 1.89. The van der Waals surface area contributed by atoms with Crippen molar-refractivity contribution >= 4 is 6.03 Å². The number of amides is 2. The predicted octanol–water partition coefficient (Wildman–Crippen LogP) is 0.893. The van der Waals surface area contributed by atoms with Crippen LogP contribution in [-0.4, -0.2) is 59.8 Å². The number of nitrogens with one attached hydrogen (secondary N) is 2. The van der Waals surface area contributed by atoms with E-state index in [2.05, 4.69) is 34.5 Å². The number of hydrogen-bond donors (Lipinski definition) is 2. The van der Waals surface area contributed by atoms with Crippen LogP contribution in [0.4, 0.5) is 4.79 Å². The Balaban J connectivity index is 1.70. The van der Waals surface area contributed by atoms with E-state index in [0.29, 0.717) is 12.5 Å². The minimum atomic E-state index is 0.0258. The van der Waals surface area contributed by atoms with Gasteiger partial charge in [0.25, 0.3) is 0 Å². The van der Waals surface area contributed by atoms with Crippen molar-refractivity contribution in [1.82, 2.24) is 25.3 Å². The molecule has 0 unspecified atom stereocenters. The third-order valence-electron chi connectivity index (χ3n) is 3.51. The zero-order valence-corrected chi connectivity index (χ0v) is 11.7. The van der Waals surface area contributed by atoms with Crippen molar-refractivity contribution in [2.75, 3.05) is 33.7 Å². The second-order valence-electron chi connectivity index (χ2n) is 5.43. The average molecular weight is 265 g/mol. The van der Waals surface area contributed by atoms with Gasteiger partial charge in [-0.3, -0.25) is 5.10 Å². The van der Waals surface area contributed by atoms with E-state index < -0.39 is 0 Å². The lowest BCUT2D eigenvalue weighted by Crippen LogP contribution is -2.45. The monoisotopic (exact) mass is 265 g/mol. The molecule has 0 atom stereocenters. The van der Waals surface area contributed by atoms with Crippen LogP contribution in [0.2, 0.25) is 0 Å². The summed E-state index contributed by atoms with van der Waals surface area (Å²) in [4.78, 5) is 16.1. The summed E-state index contributed by atoms with van der Waals surface area (Å²) >= 11 is 0. The molecule has 1 aromatic rings. The summed E-state index contributed by atoms with van der Waals surface area (Å²) in [6.07, 6.45) is 3.87. The Morgan fingerprint density at radius 2 is 2.26 bits per heavy atom. The molecule has 2 heterocycles. The highest BCUT2D eigenvalue weighted by molar-refractivity contribution is 5.74. The lowest BCUT2D eigenvalue weighted by atomic mass is 9.97. The fourth-order valence-electron chi connectivity index (χ4n) is 2.50. The highest BCUT2D eigenvalue weighted by Gasteiger charge is 2.22. The van der Waals surface area contributed by atoms with Gasteiger partial charge in [0.15, 0.2) is 0 Å². The quantitative estimate of drug-likeness (QED) is 0.850. The standard InChI is InChI=1S/C13H23N5O/c1-17(2)10-11-4-7-18(8-5-11)13(19)14-9-12-3-6-15-16-12/h3,6,11H,4-5,7-10H2,1-2H3,(H,14,19)(H,15,16). The molecule has 1 saturated heterocycles. The molecule has 6 nitrogen and oxygen atoms in total. The highest BCUT2D eigenvalue weighted by atomic mass is 16.2. The molecule has 0 bridgehead atoms. The largest absolute Gasteiger partial charge is 0.332 e. The molecule has 6 heteroatoms. The van der Waals surface area contributed by atoms with Gasteiger partial charge in [0, 0.05) is 25.8 Å². The smallest absolute Gasteiger partial charge is 0.317 e. The number of aromatic amines is 1. The molecule has 1 aromatic heterocycles. The summed E-state index contributed by atoms with van der Waals surface area (Å²) in [5, 5.41) is 9.61. The fourth-order valence-corrected chi connectivity index (χ4v) is 2.50. The predicted molar refractivity (Wildman–Crippen MR) is 73.7 cm³/mol. The number of H-pyrrole nitrogens is 1. The topological polar surface area (TPSA) is 64.3 Å². The van der Waals surface area contributed by atoms with Crippen LogP contribution in [0.15, 0.2) is 12.3 Å². The van der Waals surface area contributed by atoms with Crippen LogP contribution >= 0.6 is 0 Å². The van der Waals surface area contributed by atoms with Gasteiger partial charge in [-0.05, 0) is 38.9 Å². The van der Waals surface area contributed by atoms with Crippen molar-refractivity contribution in [3.8, 4) is 0 Å². The van der Waals surface area contributed by atoms with Crippen molar-refractivity contribution in [3.63, 3.8) is 0 Å². The highest BCUT2D eigenvalue weighted by Crippen LogP contribution is 2.17. The van der Waals surface area contributed by atoms with Crippen molar-refractivity contribution in [2.45, 2.75) is 19.4 Å². The van der Waals surface area contributed by atoms with E-state index in [9.17, 15) is 4.79 Å². The average Bonchev–Trinajstić information content (AvgIpc) is 2.89. The first-order valence-electron chi connectivity index (χ1n) is 6.81. The van der Waals surface area contributed by atoms with Crippen LogP contribution in [0, 0.1) is 5.92 Å². The maximum atomic E-state index is 12.0. The summed E-state index contributed by atoms with van der Waals surface area (Å²) in [7, 11) is 4.20. The molecule has 1 fully saturated rings. The molecule has 2 amide bonds. The van der Waals surface area contributed by atoms with Gasteiger partial charge >= 0.3 is 6.03 Å². The van der Waals surface area contributed by atoms with E-state index in [1.165, 1.54) is 0 Å². The molecule has 0 aliphatic carbocycles. The van der Waals surface area contributed by atoms with Gasteiger partial charge in [0.2, 0.25) is 0 Å². The number of piperidine rings is 1. The lowest BCUT2D eigenvalue weighted by Gasteiger charge is -2.33. The maximum absolute atomic E-state index is 12.0. The summed E-state index contributed by atoms with van der Waals surface area (Å²) in [5.41, 5.74) is 0.927. The number of carbonyl (C=O) groups is 1. The van der Waals surface area contributed by atoms with Gasteiger partial charge in [-0.15, -0.1) is 0 Å². The van der Waals surface area contributed by atoms with E-state index in [1.807, 2.05) is 11.0 Å². The van der Waals surface area contributed by atoms with Crippen LogP contribution in [0.1, 0.15) is 18.5 Å².